The second-order valence-electron chi connectivity index (χ2n) is 4.03. The Morgan fingerprint density at radius 2 is 1.93 bits per heavy atom. The Morgan fingerprint density at radius 1 is 1.33 bits per heavy atom. The lowest BCUT2D eigenvalue weighted by molar-refractivity contribution is 0.559. The topological polar surface area (TPSA) is 38.0 Å². The van der Waals surface area contributed by atoms with Crippen molar-refractivity contribution in [3.05, 3.63) is 22.4 Å². The van der Waals surface area contributed by atoms with Gasteiger partial charge in [0.1, 0.15) is 5.82 Å². The average Bonchev–Trinajstić information content (AvgIpc) is 2.13. The molecule has 84 valence electrons. The number of hydrogen-bond donors (Lipinski definition) is 2. The normalized spacial score (nSPS) is 12.9. The largest absolute Gasteiger partial charge is 0.397 e. The summed E-state index contributed by atoms with van der Waals surface area (Å²) in [6.07, 6.45) is 0. The van der Waals surface area contributed by atoms with Crippen LogP contribution in [0.3, 0.4) is 0 Å². The fraction of sp³-hybridized carbons (Fsp3) is 0.455. The number of anilines is 2. The van der Waals surface area contributed by atoms with Gasteiger partial charge in [0.15, 0.2) is 0 Å². The number of nitrogens with one attached hydrogen (secondary N) is 1. The van der Waals surface area contributed by atoms with Crippen LogP contribution in [0.4, 0.5) is 15.8 Å². The Hall–Kier alpha value is -0.770. The van der Waals surface area contributed by atoms with Gasteiger partial charge in [-0.15, -0.1) is 0 Å². The van der Waals surface area contributed by atoms with Gasteiger partial charge in [-0.1, -0.05) is 13.8 Å². The molecule has 0 spiro atoms. The first-order valence-corrected chi connectivity index (χ1v) is 5.72. The highest BCUT2D eigenvalue weighted by molar-refractivity contribution is 9.10. The van der Waals surface area contributed by atoms with E-state index in [1.54, 1.807) is 6.07 Å². The van der Waals surface area contributed by atoms with E-state index in [0.29, 0.717) is 21.8 Å². The van der Waals surface area contributed by atoms with Gasteiger partial charge in [0, 0.05) is 12.1 Å². The molecule has 4 heteroatoms. The van der Waals surface area contributed by atoms with E-state index in [9.17, 15) is 4.39 Å². The summed E-state index contributed by atoms with van der Waals surface area (Å²) in [5.74, 6) is 0.166. The molecule has 0 aromatic heterocycles. The Bertz CT molecular complexity index is 353. The minimum Gasteiger partial charge on any atom is -0.397 e. The highest BCUT2D eigenvalue weighted by Gasteiger charge is 2.10. The lowest BCUT2D eigenvalue weighted by Crippen LogP contribution is -2.22. The highest BCUT2D eigenvalue weighted by atomic mass is 79.9. The monoisotopic (exact) mass is 274 g/mol. The van der Waals surface area contributed by atoms with E-state index in [1.807, 2.05) is 6.92 Å². The number of halogens is 2. The van der Waals surface area contributed by atoms with Crippen LogP contribution in [0.2, 0.25) is 0 Å². The molecule has 1 aromatic rings. The molecule has 0 aliphatic rings. The van der Waals surface area contributed by atoms with Gasteiger partial charge in [-0.3, -0.25) is 0 Å². The summed E-state index contributed by atoms with van der Waals surface area (Å²) in [5.41, 5.74) is 6.98. The van der Waals surface area contributed by atoms with Crippen LogP contribution in [0, 0.1) is 11.7 Å². The number of nitrogens with two attached hydrogens (primary N) is 1. The van der Waals surface area contributed by atoms with Gasteiger partial charge in [0.25, 0.3) is 0 Å². The Labute approximate surface area is 98.2 Å². The van der Waals surface area contributed by atoms with E-state index in [0.717, 1.165) is 0 Å². The van der Waals surface area contributed by atoms with Crippen LogP contribution in [0.25, 0.3) is 0 Å². The molecule has 1 atom stereocenters. The van der Waals surface area contributed by atoms with Gasteiger partial charge in [-0.05, 0) is 34.8 Å². The third kappa shape index (κ3) is 3.09. The van der Waals surface area contributed by atoms with Gasteiger partial charge < -0.3 is 11.1 Å². The van der Waals surface area contributed by atoms with Gasteiger partial charge in [0.05, 0.1) is 15.8 Å². The predicted octanol–water partition coefficient (Wildman–Crippen LogP) is 3.63. The second kappa shape index (κ2) is 4.84. The third-order valence-electron chi connectivity index (χ3n) is 2.48. The van der Waals surface area contributed by atoms with Crippen LogP contribution < -0.4 is 11.1 Å². The van der Waals surface area contributed by atoms with Crippen molar-refractivity contribution in [2.45, 2.75) is 26.8 Å². The molecule has 0 fully saturated rings. The first-order valence-electron chi connectivity index (χ1n) is 4.93. The maximum Gasteiger partial charge on any atom is 0.139 e. The van der Waals surface area contributed by atoms with E-state index >= 15 is 0 Å². The average molecular weight is 275 g/mol. The molecular formula is C11H16BrFN2. The summed E-state index contributed by atoms with van der Waals surface area (Å²) in [7, 11) is 0. The van der Waals surface area contributed by atoms with Gasteiger partial charge in [0.2, 0.25) is 0 Å². The summed E-state index contributed by atoms with van der Waals surface area (Å²) in [6, 6.07) is 3.25. The van der Waals surface area contributed by atoms with Crippen molar-refractivity contribution in [3.63, 3.8) is 0 Å². The lowest BCUT2D eigenvalue weighted by Gasteiger charge is -2.20. The van der Waals surface area contributed by atoms with E-state index in [2.05, 4.69) is 35.1 Å². The van der Waals surface area contributed by atoms with Crippen LogP contribution in [-0.2, 0) is 0 Å². The first kappa shape index (κ1) is 12.3. The highest BCUT2D eigenvalue weighted by Crippen LogP contribution is 2.27. The molecule has 1 unspecified atom stereocenters. The molecule has 0 bridgehead atoms. The number of benzene rings is 1. The predicted molar refractivity (Wildman–Crippen MR) is 66.4 cm³/mol. The lowest BCUT2D eigenvalue weighted by atomic mass is 10.1. The minimum absolute atomic E-state index is 0.257. The maximum absolute atomic E-state index is 13.3. The summed E-state index contributed by atoms with van der Waals surface area (Å²) in [4.78, 5) is 0. The molecule has 0 radical (unpaired) electrons. The summed E-state index contributed by atoms with van der Waals surface area (Å²) in [5, 5.41) is 3.19. The Kier molecular flexibility index (Phi) is 3.97. The second-order valence-corrected chi connectivity index (χ2v) is 4.88. The van der Waals surface area contributed by atoms with E-state index < -0.39 is 0 Å². The smallest absolute Gasteiger partial charge is 0.139 e. The van der Waals surface area contributed by atoms with Crippen molar-refractivity contribution < 1.29 is 4.39 Å². The molecule has 15 heavy (non-hydrogen) atoms. The van der Waals surface area contributed by atoms with E-state index in [-0.39, 0.29) is 11.9 Å². The minimum atomic E-state index is -0.303. The standard InChI is InChI=1S/C11H16BrFN2/c1-6(2)7(3)15-11-5-9(13)8(12)4-10(11)14/h4-7,15H,14H2,1-3H3. The molecular weight excluding hydrogens is 259 g/mol. The van der Waals surface area contributed by atoms with Gasteiger partial charge in [-0.2, -0.15) is 0 Å². The molecule has 0 aliphatic heterocycles. The molecule has 0 heterocycles. The number of hydrogen-bond acceptors (Lipinski definition) is 2. The van der Waals surface area contributed by atoms with Crippen LogP contribution in [0.15, 0.2) is 16.6 Å². The number of nitrogen functional groups attached to an aromatic ring is 1. The summed E-state index contributed by atoms with van der Waals surface area (Å²) >= 11 is 3.09. The molecule has 0 aliphatic carbocycles. The SMILES string of the molecule is CC(C)C(C)Nc1cc(F)c(Br)cc1N. The van der Waals surface area contributed by atoms with Crippen LogP contribution >= 0.6 is 15.9 Å². The van der Waals surface area contributed by atoms with Crippen LogP contribution in [-0.4, -0.2) is 6.04 Å². The fourth-order valence-electron chi connectivity index (χ4n) is 1.10. The molecule has 0 saturated heterocycles. The maximum atomic E-state index is 13.3. The van der Waals surface area contributed by atoms with Crippen LogP contribution in [0.5, 0.6) is 0 Å². The summed E-state index contributed by atoms with van der Waals surface area (Å²) < 4.78 is 13.7. The van der Waals surface area contributed by atoms with Crippen molar-refractivity contribution in [2.75, 3.05) is 11.1 Å². The molecule has 1 aromatic carbocycles. The Balaban J connectivity index is 2.91. The van der Waals surface area contributed by atoms with Crippen molar-refractivity contribution in [3.8, 4) is 0 Å². The molecule has 0 amide bonds. The third-order valence-corrected chi connectivity index (χ3v) is 3.08. The van der Waals surface area contributed by atoms with Gasteiger partial charge in [-0.25, -0.2) is 4.39 Å². The first-order chi connectivity index (χ1) is 6.91. The van der Waals surface area contributed by atoms with E-state index in [1.165, 1.54) is 6.07 Å². The van der Waals surface area contributed by atoms with E-state index in [4.69, 9.17) is 5.73 Å². The zero-order chi connectivity index (χ0) is 11.6. The zero-order valence-corrected chi connectivity index (χ0v) is 10.7. The fourth-order valence-corrected chi connectivity index (χ4v) is 1.46. The van der Waals surface area contributed by atoms with Crippen molar-refractivity contribution in [1.82, 2.24) is 0 Å². The van der Waals surface area contributed by atoms with Gasteiger partial charge >= 0.3 is 0 Å². The van der Waals surface area contributed by atoms with Crippen molar-refractivity contribution in [1.29, 1.82) is 0 Å². The summed E-state index contributed by atoms with van der Waals surface area (Å²) in [6.45, 7) is 6.25. The quantitative estimate of drug-likeness (QED) is 0.827. The van der Waals surface area contributed by atoms with Crippen LogP contribution in [0.1, 0.15) is 20.8 Å². The molecule has 0 saturated carbocycles. The molecule has 1 rings (SSSR count). The molecule has 2 nitrogen and oxygen atoms in total. The van der Waals surface area contributed by atoms with Crippen molar-refractivity contribution >= 4 is 27.3 Å². The number of rotatable bonds is 3. The zero-order valence-electron chi connectivity index (χ0n) is 9.14. The van der Waals surface area contributed by atoms with Crippen molar-refractivity contribution in [2.24, 2.45) is 5.92 Å². The Morgan fingerprint density at radius 3 is 2.47 bits per heavy atom. The molecule has 3 N–H and O–H groups in total.